The first-order valence-corrected chi connectivity index (χ1v) is 23.1. The summed E-state index contributed by atoms with van der Waals surface area (Å²) >= 11 is -0.106. The molecule has 0 atom stereocenters. The van der Waals surface area contributed by atoms with Crippen LogP contribution in [0.4, 0.5) is 0 Å². The van der Waals surface area contributed by atoms with Gasteiger partial charge in [-0.2, -0.15) is 0 Å². The Balaban J connectivity index is 0.00000122. The Morgan fingerprint density at radius 2 is 0.571 bits per heavy atom. The zero-order valence-electron chi connectivity index (χ0n) is 26.5. The molecule has 0 fully saturated rings. The number of rotatable bonds is 7. The van der Waals surface area contributed by atoms with Crippen LogP contribution in [0.3, 0.4) is 0 Å². The van der Waals surface area contributed by atoms with Gasteiger partial charge in [-0.05, 0) is 82.2 Å². The van der Waals surface area contributed by atoms with E-state index in [4.69, 9.17) is 19.1 Å². The molecule has 242 valence electrons. The van der Waals surface area contributed by atoms with Crippen LogP contribution in [-0.2, 0) is 15.9 Å². The molecule has 0 amide bonds. The Bertz CT molecular complexity index is 2040. The van der Waals surface area contributed by atoms with Gasteiger partial charge in [0.15, 0.2) is 0 Å². The molecule has 0 bridgehead atoms. The van der Waals surface area contributed by atoms with E-state index >= 15 is 0 Å². The second-order valence-corrected chi connectivity index (χ2v) is 18.9. The monoisotopic (exact) mass is 800 g/mol. The van der Waals surface area contributed by atoms with Crippen LogP contribution < -0.4 is 31.8 Å². The fraction of sp³-hybridized carbons (Fsp3) is 0. The summed E-state index contributed by atoms with van der Waals surface area (Å²) in [7, 11) is 6.89. The zero-order chi connectivity index (χ0) is 33.4. The van der Waals surface area contributed by atoms with Gasteiger partial charge in [-0.1, -0.05) is 133 Å². The molecule has 0 N–H and O–H groups in total. The van der Waals surface area contributed by atoms with Crippen molar-refractivity contribution in [2.45, 2.75) is 0 Å². The van der Waals surface area contributed by atoms with E-state index < -0.39 is 15.8 Å². The molecule has 0 nitrogen and oxygen atoms in total. The van der Waals surface area contributed by atoms with Crippen LogP contribution in [0.5, 0.6) is 0 Å². The summed E-state index contributed by atoms with van der Waals surface area (Å²) < 4.78 is 0. The van der Waals surface area contributed by atoms with Crippen molar-refractivity contribution in [1.82, 2.24) is 0 Å². The minimum Gasteiger partial charge on any atom is -0.0620 e. The topological polar surface area (TPSA) is 0 Å². The molecular formula is C44H34Cl2P2Pd+2. The summed E-state index contributed by atoms with van der Waals surface area (Å²) in [5, 5.41) is 13.6. The van der Waals surface area contributed by atoms with Crippen molar-refractivity contribution < 1.29 is 15.9 Å². The second kappa shape index (κ2) is 16.4. The van der Waals surface area contributed by atoms with Gasteiger partial charge < -0.3 is 0 Å². The smallest absolute Gasteiger partial charge is 0.0620 e. The molecule has 8 aromatic carbocycles. The molecule has 8 aromatic rings. The van der Waals surface area contributed by atoms with Crippen molar-refractivity contribution in [1.29, 1.82) is 0 Å². The fourth-order valence-corrected chi connectivity index (χ4v) is 12.4. The average Bonchev–Trinajstić information content (AvgIpc) is 3.17. The SMILES string of the molecule is [Cl][Pd][Cl].c1ccc([PH+](c2ccccc2)c2ccc3ccccc3c2-c2c([PH+](c3ccccc3)c3ccccc3)ccc3ccccc23)cc1. The molecule has 0 saturated carbocycles. The van der Waals surface area contributed by atoms with Crippen LogP contribution in [-0.4, -0.2) is 0 Å². The normalized spacial score (nSPS) is 11.2. The fourth-order valence-electron chi connectivity index (χ4n) is 6.87. The molecule has 5 heteroatoms. The molecule has 8 rings (SSSR count). The molecule has 0 aliphatic rings. The van der Waals surface area contributed by atoms with Gasteiger partial charge in [0.05, 0.1) is 15.8 Å². The van der Waals surface area contributed by atoms with Crippen molar-refractivity contribution >= 4 is 88.3 Å². The Kier molecular flexibility index (Phi) is 11.3. The quantitative estimate of drug-likeness (QED) is 0.111. The first kappa shape index (κ1) is 33.9. The van der Waals surface area contributed by atoms with E-state index in [9.17, 15) is 0 Å². The van der Waals surface area contributed by atoms with Gasteiger partial charge in [-0.3, -0.25) is 0 Å². The Hall–Kier alpha value is -3.62. The third-order valence-electron chi connectivity index (χ3n) is 8.90. The van der Waals surface area contributed by atoms with Gasteiger partial charge in [-0.25, -0.2) is 0 Å². The maximum atomic E-state index is 4.81. The minimum atomic E-state index is -1.37. The third-order valence-corrected chi connectivity index (χ3v) is 14.4. The van der Waals surface area contributed by atoms with Crippen LogP contribution in [0.15, 0.2) is 194 Å². The van der Waals surface area contributed by atoms with E-state index in [2.05, 4.69) is 194 Å². The summed E-state index contributed by atoms with van der Waals surface area (Å²) in [5.41, 5.74) is 2.75. The molecule has 0 heterocycles. The summed E-state index contributed by atoms with van der Waals surface area (Å²) in [6, 6.07) is 72.2. The number of hydrogen-bond acceptors (Lipinski definition) is 0. The number of halogens is 2. The standard InChI is InChI=1S/C44H32P2.2ClH.Pd/c1-5-19-35(20-6-1)45(36-21-7-2-8-22-36)41-31-29-33-17-13-15-27-39(33)43(41)44-40-28-16-14-18-34(40)30-32-42(44)46(37-23-9-3-10-24-37)38-25-11-4-12-26-38;;;/h1-32H;2*1H;/q;;;+2. The first-order chi connectivity index (χ1) is 24.3. The van der Waals surface area contributed by atoms with Gasteiger partial charge >= 0.3 is 35.0 Å². The van der Waals surface area contributed by atoms with Crippen LogP contribution in [0.2, 0.25) is 0 Å². The second-order valence-electron chi connectivity index (χ2n) is 11.7. The van der Waals surface area contributed by atoms with E-state index in [1.165, 1.54) is 64.5 Å². The van der Waals surface area contributed by atoms with Gasteiger partial charge in [0.1, 0.15) is 31.8 Å². The average molecular weight is 802 g/mol. The van der Waals surface area contributed by atoms with Crippen molar-refractivity contribution in [3.05, 3.63) is 194 Å². The predicted molar refractivity (Wildman–Crippen MR) is 219 cm³/mol. The largest absolute Gasteiger partial charge is 0.111 e. The van der Waals surface area contributed by atoms with E-state index in [1.54, 1.807) is 0 Å². The maximum absolute atomic E-state index is 4.81. The summed E-state index contributed by atoms with van der Waals surface area (Å²) in [6.45, 7) is 0. The van der Waals surface area contributed by atoms with E-state index in [0.717, 1.165) is 0 Å². The van der Waals surface area contributed by atoms with Crippen LogP contribution in [0.1, 0.15) is 0 Å². The van der Waals surface area contributed by atoms with Crippen molar-refractivity contribution in [3.8, 4) is 11.1 Å². The van der Waals surface area contributed by atoms with Gasteiger partial charge in [0.2, 0.25) is 0 Å². The summed E-state index contributed by atoms with van der Waals surface area (Å²) in [6.07, 6.45) is 0. The summed E-state index contributed by atoms with van der Waals surface area (Å²) in [4.78, 5) is 0. The molecule has 0 aromatic heterocycles. The van der Waals surface area contributed by atoms with Crippen molar-refractivity contribution in [3.63, 3.8) is 0 Å². The maximum Gasteiger partial charge on any atom is 0.111 e. The Morgan fingerprint density at radius 1 is 0.306 bits per heavy atom. The summed E-state index contributed by atoms with van der Waals surface area (Å²) in [5.74, 6) is 0. The number of benzene rings is 8. The Labute approximate surface area is 307 Å². The molecule has 0 aliphatic carbocycles. The van der Waals surface area contributed by atoms with E-state index in [-0.39, 0.29) is 15.9 Å². The van der Waals surface area contributed by atoms with E-state index in [0.29, 0.717) is 0 Å². The first-order valence-electron chi connectivity index (χ1n) is 16.1. The van der Waals surface area contributed by atoms with Crippen LogP contribution in [0, 0.1) is 0 Å². The third kappa shape index (κ3) is 7.32. The minimum absolute atomic E-state index is 0.106. The molecular weight excluding hydrogens is 768 g/mol. The van der Waals surface area contributed by atoms with E-state index in [1.807, 2.05) is 0 Å². The van der Waals surface area contributed by atoms with Crippen molar-refractivity contribution in [2.75, 3.05) is 0 Å². The predicted octanol–water partition coefficient (Wildman–Crippen LogP) is 10.0. The van der Waals surface area contributed by atoms with Gasteiger partial charge in [0, 0.05) is 11.1 Å². The molecule has 0 unspecified atom stereocenters. The molecule has 49 heavy (non-hydrogen) atoms. The van der Waals surface area contributed by atoms with Crippen LogP contribution in [0.25, 0.3) is 32.7 Å². The molecule has 0 aliphatic heterocycles. The van der Waals surface area contributed by atoms with Crippen molar-refractivity contribution in [2.24, 2.45) is 0 Å². The van der Waals surface area contributed by atoms with Gasteiger partial charge in [0.25, 0.3) is 0 Å². The zero-order valence-corrected chi connectivity index (χ0v) is 31.6. The Morgan fingerprint density at radius 3 is 0.878 bits per heavy atom. The molecule has 0 saturated heterocycles. The van der Waals surface area contributed by atoms with Crippen LogP contribution >= 0.6 is 34.9 Å². The number of fused-ring (bicyclic) bond motifs is 2. The molecule has 0 spiro atoms. The molecule has 0 radical (unpaired) electrons. The number of hydrogen-bond donors (Lipinski definition) is 0. The van der Waals surface area contributed by atoms with Gasteiger partial charge in [-0.15, -0.1) is 0 Å².